The number of carbonyl (C=O) groups excluding carboxylic acids is 1. The fourth-order valence-corrected chi connectivity index (χ4v) is 2.88. The Morgan fingerprint density at radius 1 is 1.59 bits per heavy atom. The third-order valence-corrected chi connectivity index (χ3v) is 3.72. The lowest BCUT2D eigenvalue weighted by atomic mass is 10.2. The monoisotopic (exact) mass is 269 g/mol. The second-order valence-corrected chi connectivity index (χ2v) is 5.45. The number of aromatic nitrogens is 1. The largest absolute Gasteiger partial charge is 0.392 e. The first kappa shape index (κ1) is 12.4. The van der Waals surface area contributed by atoms with Gasteiger partial charge in [-0.15, -0.1) is 11.3 Å². The molecular weight excluding hydrogens is 254 g/mol. The average Bonchev–Trinajstić information content (AvgIpc) is 2.96. The van der Waals surface area contributed by atoms with E-state index in [2.05, 4.69) is 4.98 Å². The van der Waals surface area contributed by atoms with Crippen LogP contribution in [0.2, 0.25) is 0 Å². The molecule has 0 spiro atoms. The van der Waals surface area contributed by atoms with E-state index in [1.807, 2.05) is 0 Å². The van der Waals surface area contributed by atoms with Crippen LogP contribution in [0, 0.1) is 0 Å². The van der Waals surface area contributed by atoms with E-state index >= 15 is 0 Å². The number of carbonyl (C=O) groups is 1. The van der Waals surface area contributed by atoms with Crippen molar-refractivity contribution in [3.05, 3.63) is 16.6 Å². The van der Waals surface area contributed by atoms with E-state index in [4.69, 9.17) is 18.0 Å². The fourth-order valence-electron chi connectivity index (χ4n) is 2.22. The molecule has 1 saturated carbocycles. The first-order valence-electron chi connectivity index (χ1n) is 5.66. The van der Waals surface area contributed by atoms with Gasteiger partial charge in [0, 0.05) is 11.4 Å². The molecule has 1 aliphatic rings. The van der Waals surface area contributed by atoms with Crippen molar-refractivity contribution >= 4 is 34.5 Å². The van der Waals surface area contributed by atoms with Crippen molar-refractivity contribution in [1.82, 2.24) is 9.88 Å². The van der Waals surface area contributed by atoms with Gasteiger partial charge >= 0.3 is 0 Å². The van der Waals surface area contributed by atoms with Crippen molar-refractivity contribution in [3.63, 3.8) is 0 Å². The highest BCUT2D eigenvalue weighted by Gasteiger charge is 2.28. The molecule has 1 heterocycles. The molecule has 4 nitrogen and oxygen atoms in total. The Kier molecular flexibility index (Phi) is 4.06. The van der Waals surface area contributed by atoms with Gasteiger partial charge in [-0.3, -0.25) is 4.79 Å². The summed E-state index contributed by atoms with van der Waals surface area (Å²) in [6.45, 7) is 0.357. The van der Waals surface area contributed by atoms with Crippen molar-refractivity contribution in [2.45, 2.75) is 31.7 Å². The van der Waals surface area contributed by atoms with Crippen molar-refractivity contribution in [2.75, 3.05) is 6.54 Å². The van der Waals surface area contributed by atoms with E-state index in [0.717, 1.165) is 12.8 Å². The van der Waals surface area contributed by atoms with Crippen LogP contribution in [0.4, 0.5) is 0 Å². The zero-order valence-electron chi connectivity index (χ0n) is 9.46. The van der Waals surface area contributed by atoms with Crippen LogP contribution in [-0.2, 0) is 0 Å². The smallest absolute Gasteiger partial charge is 0.273 e. The molecule has 17 heavy (non-hydrogen) atoms. The van der Waals surface area contributed by atoms with Crippen LogP contribution in [0.15, 0.2) is 10.9 Å². The van der Waals surface area contributed by atoms with Crippen LogP contribution in [-0.4, -0.2) is 33.4 Å². The highest BCUT2D eigenvalue weighted by Crippen LogP contribution is 2.24. The van der Waals surface area contributed by atoms with E-state index in [1.165, 1.54) is 24.2 Å². The lowest BCUT2D eigenvalue weighted by Crippen LogP contribution is -2.43. The number of amides is 1. The van der Waals surface area contributed by atoms with Gasteiger partial charge in [0.25, 0.3) is 5.91 Å². The predicted molar refractivity (Wildman–Crippen MR) is 72.2 cm³/mol. The summed E-state index contributed by atoms with van der Waals surface area (Å²) in [5, 5.41) is 1.77. The Morgan fingerprint density at radius 2 is 2.29 bits per heavy atom. The highest BCUT2D eigenvalue weighted by atomic mass is 32.1. The maximum atomic E-state index is 12.3. The molecule has 6 heteroatoms. The molecule has 2 rings (SSSR count). The third-order valence-electron chi connectivity index (χ3n) is 3.00. The zero-order chi connectivity index (χ0) is 12.3. The first-order chi connectivity index (χ1) is 8.18. The summed E-state index contributed by atoms with van der Waals surface area (Å²) in [5.41, 5.74) is 7.74. The van der Waals surface area contributed by atoms with Crippen molar-refractivity contribution in [2.24, 2.45) is 5.73 Å². The normalized spacial score (nSPS) is 16.0. The molecule has 0 atom stereocenters. The van der Waals surface area contributed by atoms with Crippen LogP contribution in [0.1, 0.15) is 36.2 Å². The molecule has 1 aromatic rings. The predicted octanol–water partition coefficient (Wildman–Crippen LogP) is 1.81. The first-order valence-corrected chi connectivity index (χ1v) is 7.01. The van der Waals surface area contributed by atoms with Gasteiger partial charge in [0.15, 0.2) is 0 Å². The highest BCUT2D eigenvalue weighted by molar-refractivity contribution is 7.80. The van der Waals surface area contributed by atoms with Crippen molar-refractivity contribution in [1.29, 1.82) is 0 Å². The number of thiocarbonyl (C=S) groups is 1. The van der Waals surface area contributed by atoms with Crippen LogP contribution in [0.25, 0.3) is 0 Å². The van der Waals surface area contributed by atoms with E-state index in [0.29, 0.717) is 17.2 Å². The molecule has 92 valence electrons. The van der Waals surface area contributed by atoms with E-state index < -0.39 is 0 Å². The van der Waals surface area contributed by atoms with Gasteiger partial charge in [-0.25, -0.2) is 4.98 Å². The zero-order valence-corrected chi connectivity index (χ0v) is 11.1. The van der Waals surface area contributed by atoms with Gasteiger partial charge in [-0.05, 0) is 12.8 Å². The summed E-state index contributed by atoms with van der Waals surface area (Å²) in [5.74, 6) is -0.0500. The van der Waals surface area contributed by atoms with Crippen LogP contribution < -0.4 is 5.73 Å². The Hall–Kier alpha value is -1.01. The number of hydrogen-bond donors (Lipinski definition) is 1. The topological polar surface area (TPSA) is 59.2 Å². The lowest BCUT2D eigenvalue weighted by molar-refractivity contribution is 0.0709. The van der Waals surface area contributed by atoms with Crippen LogP contribution in [0.5, 0.6) is 0 Å². The van der Waals surface area contributed by atoms with Gasteiger partial charge in [0.2, 0.25) is 0 Å². The van der Waals surface area contributed by atoms with Crippen LogP contribution >= 0.6 is 23.6 Å². The molecule has 0 radical (unpaired) electrons. The summed E-state index contributed by atoms with van der Waals surface area (Å²) < 4.78 is 0. The molecule has 2 N–H and O–H groups in total. The van der Waals surface area contributed by atoms with Gasteiger partial charge in [-0.2, -0.15) is 0 Å². The van der Waals surface area contributed by atoms with Crippen molar-refractivity contribution in [3.8, 4) is 0 Å². The van der Waals surface area contributed by atoms with E-state index in [9.17, 15) is 4.79 Å². The standard InChI is InChI=1S/C11H15N3OS2/c12-10(16)5-14(8-3-1-2-4-8)11(15)9-6-17-7-13-9/h6-8H,1-5H2,(H2,12,16). The van der Waals surface area contributed by atoms with E-state index in [1.54, 1.807) is 15.8 Å². The number of nitrogens with zero attached hydrogens (tertiary/aromatic N) is 2. The number of rotatable bonds is 4. The minimum absolute atomic E-state index is 0.0500. The Balaban J connectivity index is 2.14. The Morgan fingerprint density at radius 3 is 2.82 bits per heavy atom. The van der Waals surface area contributed by atoms with Crippen molar-refractivity contribution < 1.29 is 4.79 Å². The Bertz CT molecular complexity index is 399. The number of hydrogen-bond acceptors (Lipinski definition) is 4. The van der Waals surface area contributed by atoms with Gasteiger partial charge in [0.1, 0.15) is 5.69 Å². The van der Waals surface area contributed by atoms with Gasteiger partial charge < -0.3 is 10.6 Å². The molecule has 0 aromatic carbocycles. The quantitative estimate of drug-likeness (QED) is 0.847. The molecule has 0 saturated heterocycles. The number of thiazole rings is 1. The summed E-state index contributed by atoms with van der Waals surface area (Å²) in [7, 11) is 0. The molecular formula is C11H15N3OS2. The molecule has 0 bridgehead atoms. The summed E-state index contributed by atoms with van der Waals surface area (Å²) in [6, 6.07) is 0.269. The average molecular weight is 269 g/mol. The maximum Gasteiger partial charge on any atom is 0.273 e. The summed E-state index contributed by atoms with van der Waals surface area (Å²) >= 11 is 6.35. The minimum atomic E-state index is -0.0500. The second-order valence-electron chi connectivity index (χ2n) is 4.21. The molecule has 1 amide bonds. The van der Waals surface area contributed by atoms with Gasteiger partial charge in [0.05, 0.1) is 17.0 Å². The molecule has 1 fully saturated rings. The minimum Gasteiger partial charge on any atom is -0.392 e. The fraction of sp³-hybridized carbons (Fsp3) is 0.545. The maximum absolute atomic E-state index is 12.3. The molecule has 1 aliphatic carbocycles. The SMILES string of the molecule is NC(=S)CN(C(=O)c1cscn1)C1CCCC1. The molecule has 0 unspecified atom stereocenters. The molecule has 0 aliphatic heterocycles. The van der Waals surface area contributed by atoms with Gasteiger partial charge in [-0.1, -0.05) is 25.1 Å². The molecule has 1 aromatic heterocycles. The lowest BCUT2D eigenvalue weighted by Gasteiger charge is -2.27. The summed E-state index contributed by atoms with van der Waals surface area (Å²) in [4.78, 5) is 18.5. The summed E-state index contributed by atoms with van der Waals surface area (Å²) in [6.07, 6.45) is 4.42. The number of nitrogens with two attached hydrogens (primary N) is 1. The second kappa shape index (κ2) is 5.55. The third kappa shape index (κ3) is 3.01. The Labute approximate surface area is 110 Å². The van der Waals surface area contributed by atoms with Crippen LogP contribution in [0.3, 0.4) is 0 Å². The van der Waals surface area contributed by atoms with E-state index in [-0.39, 0.29) is 11.9 Å².